The van der Waals surface area contributed by atoms with Gasteiger partial charge < -0.3 is 0 Å². The van der Waals surface area contributed by atoms with E-state index in [1.54, 1.807) is 18.2 Å². The first-order valence-corrected chi connectivity index (χ1v) is 7.35. The summed E-state index contributed by atoms with van der Waals surface area (Å²) >= 11 is 5.86. The van der Waals surface area contributed by atoms with E-state index in [0.717, 1.165) is 18.4 Å². The van der Waals surface area contributed by atoms with Gasteiger partial charge in [0.05, 0.1) is 5.69 Å². The fourth-order valence-electron chi connectivity index (χ4n) is 1.84. The summed E-state index contributed by atoms with van der Waals surface area (Å²) in [6, 6.07) is 5.17. The molecular weight excluding hydrogens is 260 g/mol. The Labute approximate surface area is 107 Å². The molecule has 94 valence electrons. The van der Waals surface area contributed by atoms with Crippen molar-refractivity contribution in [3.05, 3.63) is 28.8 Å². The Morgan fingerprint density at radius 1 is 1.29 bits per heavy atom. The maximum atomic E-state index is 12.0. The molecule has 0 amide bonds. The maximum Gasteiger partial charge on any atom is 0.301 e. The molecular formula is C11H15ClN2O2S. The Balaban J connectivity index is 2.22. The van der Waals surface area contributed by atoms with Gasteiger partial charge in [0.1, 0.15) is 0 Å². The van der Waals surface area contributed by atoms with Gasteiger partial charge in [-0.2, -0.15) is 12.7 Å². The van der Waals surface area contributed by atoms with Gasteiger partial charge in [-0.25, -0.2) is 0 Å². The topological polar surface area (TPSA) is 49.4 Å². The number of nitrogens with one attached hydrogen (secondary N) is 1. The monoisotopic (exact) mass is 274 g/mol. The molecule has 1 aliphatic heterocycles. The van der Waals surface area contributed by atoms with Crippen LogP contribution in [0.15, 0.2) is 18.2 Å². The minimum Gasteiger partial charge on any atom is -0.271 e. The van der Waals surface area contributed by atoms with Crippen LogP contribution >= 0.6 is 11.6 Å². The zero-order chi connectivity index (χ0) is 12.5. The van der Waals surface area contributed by atoms with Crippen LogP contribution < -0.4 is 4.72 Å². The molecule has 0 radical (unpaired) electrons. The quantitative estimate of drug-likeness (QED) is 0.920. The van der Waals surface area contributed by atoms with E-state index in [1.165, 1.54) is 4.31 Å². The third kappa shape index (κ3) is 2.91. The van der Waals surface area contributed by atoms with Crippen molar-refractivity contribution in [2.75, 3.05) is 17.8 Å². The van der Waals surface area contributed by atoms with Gasteiger partial charge in [-0.3, -0.25) is 4.72 Å². The minimum atomic E-state index is -3.43. The average Bonchev–Trinajstić information content (AvgIpc) is 2.77. The number of hydrogen-bond donors (Lipinski definition) is 1. The van der Waals surface area contributed by atoms with Gasteiger partial charge in [0.15, 0.2) is 0 Å². The molecule has 0 atom stereocenters. The molecule has 0 spiro atoms. The second-order valence-electron chi connectivity index (χ2n) is 4.17. The van der Waals surface area contributed by atoms with E-state index in [1.807, 2.05) is 6.92 Å². The van der Waals surface area contributed by atoms with E-state index >= 15 is 0 Å². The van der Waals surface area contributed by atoms with E-state index in [9.17, 15) is 8.42 Å². The summed E-state index contributed by atoms with van der Waals surface area (Å²) in [6.07, 6.45) is 1.85. The van der Waals surface area contributed by atoms with Gasteiger partial charge in [-0.1, -0.05) is 17.7 Å². The van der Waals surface area contributed by atoms with Gasteiger partial charge in [-0.15, -0.1) is 0 Å². The molecule has 0 saturated carbocycles. The van der Waals surface area contributed by atoms with E-state index in [-0.39, 0.29) is 0 Å². The zero-order valence-corrected chi connectivity index (χ0v) is 11.2. The second kappa shape index (κ2) is 4.84. The lowest BCUT2D eigenvalue weighted by molar-refractivity contribution is 0.482. The Hall–Kier alpha value is -0.780. The molecule has 1 aromatic rings. The normalized spacial score (nSPS) is 17.3. The van der Waals surface area contributed by atoms with Crippen LogP contribution in [0.25, 0.3) is 0 Å². The standard InChI is InChI=1S/C11H15ClN2O2S/c1-9-4-5-10(12)8-11(9)13-17(15,16)14-6-2-3-7-14/h4-5,8,13H,2-3,6-7H2,1H3. The summed E-state index contributed by atoms with van der Waals surface area (Å²) in [7, 11) is -3.43. The lowest BCUT2D eigenvalue weighted by Crippen LogP contribution is -2.33. The van der Waals surface area contributed by atoms with E-state index in [4.69, 9.17) is 11.6 Å². The van der Waals surface area contributed by atoms with Crippen molar-refractivity contribution in [3.63, 3.8) is 0 Å². The highest BCUT2D eigenvalue weighted by Gasteiger charge is 2.25. The lowest BCUT2D eigenvalue weighted by Gasteiger charge is -2.18. The summed E-state index contributed by atoms with van der Waals surface area (Å²) in [4.78, 5) is 0. The third-order valence-corrected chi connectivity index (χ3v) is 4.60. The molecule has 0 bridgehead atoms. The number of nitrogens with zero attached hydrogens (tertiary/aromatic N) is 1. The van der Waals surface area contributed by atoms with Gasteiger partial charge in [0, 0.05) is 18.1 Å². The van der Waals surface area contributed by atoms with Crippen molar-refractivity contribution >= 4 is 27.5 Å². The summed E-state index contributed by atoms with van der Waals surface area (Å²) < 4.78 is 28.1. The Bertz CT molecular complexity index is 510. The minimum absolute atomic E-state index is 0.523. The molecule has 1 heterocycles. The number of hydrogen-bond acceptors (Lipinski definition) is 2. The van der Waals surface area contributed by atoms with Crippen LogP contribution in [0, 0.1) is 6.92 Å². The van der Waals surface area contributed by atoms with Crippen molar-refractivity contribution in [2.24, 2.45) is 0 Å². The van der Waals surface area contributed by atoms with Gasteiger partial charge in [0.25, 0.3) is 0 Å². The predicted octanol–water partition coefficient (Wildman–Crippen LogP) is 2.40. The number of halogens is 1. The Morgan fingerprint density at radius 3 is 2.59 bits per heavy atom. The molecule has 1 aromatic carbocycles. The highest BCUT2D eigenvalue weighted by atomic mass is 35.5. The fraction of sp³-hybridized carbons (Fsp3) is 0.455. The molecule has 1 fully saturated rings. The molecule has 1 saturated heterocycles. The molecule has 4 nitrogen and oxygen atoms in total. The summed E-state index contributed by atoms with van der Waals surface area (Å²) in [6.45, 7) is 3.03. The van der Waals surface area contributed by atoms with Crippen molar-refractivity contribution in [3.8, 4) is 0 Å². The molecule has 0 aliphatic carbocycles. The molecule has 0 unspecified atom stereocenters. The van der Waals surface area contributed by atoms with Crippen molar-refractivity contribution < 1.29 is 8.42 Å². The average molecular weight is 275 g/mol. The van der Waals surface area contributed by atoms with Crippen LogP contribution in [0.5, 0.6) is 0 Å². The third-order valence-electron chi connectivity index (χ3n) is 2.84. The molecule has 2 rings (SSSR count). The maximum absolute atomic E-state index is 12.0. The van der Waals surface area contributed by atoms with Crippen LogP contribution in [-0.2, 0) is 10.2 Å². The van der Waals surface area contributed by atoms with Gasteiger partial charge >= 0.3 is 10.2 Å². The summed E-state index contributed by atoms with van der Waals surface area (Å²) in [5.41, 5.74) is 1.40. The number of benzene rings is 1. The van der Waals surface area contributed by atoms with Crippen molar-refractivity contribution in [1.29, 1.82) is 0 Å². The van der Waals surface area contributed by atoms with Crippen LogP contribution in [0.2, 0.25) is 5.02 Å². The van der Waals surface area contributed by atoms with E-state index in [2.05, 4.69) is 4.72 Å². The highest BCUT2D eigenvalue weighted by Crippen LogP contribution is 2.23. The Morgan fingerprint density at radius 2 is 1.94 bits per heavy atom. The first-order valence-electron chi connectivity index (χ1n) is 5.53. The molecule has 1 N–H and O–H groups in total. The number of rotatable bonds is 3. The number of anilines is 1. The van der Waals surface area contributed by atoms with Gasteiger partial charge in [-0.05, 0) is 37.5 Å². The summed E-state index contributed by atoms with van der Waals surface area (Å²) in [5.74, 6) is 0. The van der Waals surface area contributed by atoms with E-state index < -0.39 is 10.2 Å². The molecule has 6 heteroatoms. The van der Waals surface area contributed by atoms with Crippen molar-refractivity contribution in [2.45, 2.75) is 19.8 Å². The van der Waals surface area contributed by atoms with Crippen LogP contribution in [-0.4, -0.2) is 25.8 Å². The fourth-order valence-corrected chi connectivity index (χ4v) is 3.37. The molecule has 17 heavy (non-hydrogen) atoms. The molecule has 1 aliphatic rings. The first kappa shape index (κ1) is 12.7. The lowest BCUT2D eigenvalue weighted by atomic mass is 10.2. The highest BCUT2D eigenvalue weighted by molar-refractivity contribution is 7.90. The second-order valence-corrected chi connectivity index (χ2v) is 6.28. The Kier molecular flexibility index (Phi) is 3.61. The van der Waals surface area contributed by atoms with Crippen LogP contribution in [0.3, 0.4) is 0 Å². The zero-order valence-electron chi connectivity index (χ0n) is 9.61. The largest absolute Gasteiger partial charge is 0.301 e. The van der Waals surface area contributed by atoms with Crippen molar-refractivity contribution in [1.82, 2.24) is 4.31 Å². The van der Waals surface area contributed by atoms with Gasteiger partial charge in [0.2, 0.25) is 0 Å². The SMILES string of the molecule is Cc1ccc(Cl)cc1NS(=O)(=O)N1CCCC1. The van der Waals surface area contributed by atoms with Crippen LogP contribution in [0.1, 0.15) is 18.4 Å². The summed E-state index contributed by atoms with van der Waals surface area (Å²) in [5, 5.41) is 0.523. The smallest absolute Gasteiger partial charge is 0.271 e. The number of aryl methyl sites for hydroxylation is 1. The predicted molar refractivity (Wildman–Crippen MR) is 69.5 cm³/mol. The van der Waals surface area contributed by atoms with E-state index in [0.29, 0.717) is 23.8 Å². The first-order chi connectivity index (χ1) is 7.99. The molecule has 0 aromatic heterocycles. The van der Waals surface area contributed by atoms with Crippen LogP contribution in [0.4, 0.5) is 5.69 Å².